The second kappa shape index (κ2) is 37.6. The van der Waals surface area contributed by atoms with Crippen LogP contribution in [0.2, 0.25) is 0 Å². The quantitative estimate of drug-likeness (QED) is 0.0470. The van der Waals surface area contributed by atoms with Gasteiger partial charge in [-0.15, -0.1) is 0 Å². The third-order valence-corrected chi connectivity index (χ3v) is 9.53. The molecule has 1 amide bonds. The highest BCUT2D eigenvalue weighted by Gasteiger charge is 2.19. The largest absolute Gasteiger partial charge is 0.394 e. The van der Waals surface area contributed by atoms with Gasteiger partial charge in [0.1, 0.15) is 0 Å². The van der Waals surface area contributed by atoms with Crippen molar-refractivity contribution >= 4 is 5.91 Å². The van der Waals surface area contributed by atoms with Crippen LogP contribution < -0.4 is 5.32 Å². The molecule has 0 heterocycles. The van der Waals surface area contributed by atoms with E-state index in [0.717, 1.165) is 38.5 Å². The maximum atomic E-state index is 12.3. The van der Waals surface area contributed by atoms with E-state index in [4.69, 9.17) is 0 Å². The minimum absolute atomic E-state index is 0.0445. The molecule has 0 rings (SSSR count). The van der Waals surface area contributed by atoms with Crippen LogP contribution in [0.15, 0.2) is 12.2 Å². The maximum absolute atomic E-state index is 12.3. The van der Waals surface area contributed by atoms with E-state index in [0.29, 0.717) is 12.8 Å². The molecule has 0 radical (unpaired) electrons. The van der Waals surface area contributed by atoms with Crippen molar-refractivity contribution in [3.8, 4) is 0 Å². The molecule has 268 valence electrons. The van der Waals surface area contributed by atoms with E-state index in [9.17, 15) is 15.0 Å². The lowest BCUT2D eigenvalue weighted by Crippen LogP contribution is -2.45. The first-order chi connectivity index (χ1) is 22.2. The minimum Gasteiger partial charge on any atom is -0.394 e. The van der Waals surface area contributed by atoms with Crippen LogP contribution in [-0.4, -0.2) is 34.9 Å². The Morgan fingerprint density at radius 2 is 0.867 bits per heavy atom. The zero-order valence-electron chi connectivity index (χ0n) is 30.7. The van der Waals surface area contributed by atoms with Gasteiger partial charge in [0, 0.05) is 6.42 Å². The Morgan fingerprint density at radius 3 is 1.29 bits per heavy atom. The number of carbonyl (C=O) groups is 1. The molecule has 0 aliphatic rings. The highest BCUT2D eigenvalue weighted by atomic mass is 16.3. The Balaban J connectivity index is 3.45. The summed E-state index contributed by atoms with van der Waals surface area (Å²) in [4.78, 5) is 12.3. The monoisotopic (exact) mass is 636 g/mol. The number of nitrogens with one attached hydrogen (secondary N) is 1. The summed E-state index contributed by atoms with van der Waals surface area (Å²) in [5.74, 6) is -0.0445. The van der Waals surface area contributed by atoms with Gasteiger partial charge in [0.25, 0.3) is 0 Å². The summed E-state index contributed by atoms with van der Waals surface area (Å²) in [5, 5.41) is 23.1. The van der Waals surface area contributed by atoms with Crippen molar-refractivity contribution in [2.45, 2.75) is 238 Å². The van der Waals surface area contributed by atoms with Crippen molar-refractivity contribution in [2.24, 2.45) is 0 Å². The molecule has 2 unspecified atom stereocenters. The van der Waals surface area contributed by atoms with Crippen LogP contribution in [0.3, 0.4) is 0 Å². The summed E-state index contributed by atoms with van der Waals surface area (Å²) >= 11 is 0. The molecule has 0 saturated carbocycles. The van der Waals surface area contributed by atoms with Crippen molar-refractivity contribution in [3.63, 3.8) is 0 Å². The third kappa shape index (κ3) is 34.3. The first kappa shape index (κ1) is 44.1. The first-order valence-electron chi connectivity index (χ1n) is 20.4. The van der Waals surface area contributed by atoms with Crippen LogP contribution in [0, 0.1) is 0 Å². The van der Waals surface area contributed by atoms with Gasteiger partial charge < -0.3 is 15.5 Å². The van der Waals surface area contributed by atoms with Gasteiger partial charge in [-0.25, -0.2) is 0 Å². The molecule has 4 nitrogen and oxygen atoms in total. The molecule has 0 saturated heterocycles. The van der Waals surface area contributed by atoms with Crippen LogP contribution >= 0.6 is 0 Å². The van der Waals surface area contributed by atoms with Gasteiger partial charge >= 0.3 is 0 Å². The van der Waals surface area contributed by atoms with E-state index in [1.54, 1.807) is 0 Å². The van der Waals surface area contributed by atoms with Gasteiger partial charge in [0.15, 0.2) is 0 Å². The van der Waals surface area contributed by atoms with E-state index in [1.807, 2.05) is 0 Å². The molecule has 0 aromatic heterocycles. The Morgan fingerprint density at radius 1 is 0.511 bits per heavy atom. The smallest absolute Gasteiger partial charge is 0.220 e. The Hall–Kier alpha value is -0.870. The molecule has 3 N–H and O–H groups in total. The van der Waals surface area contributed by atoms with E-state index in [-0.39, 0.29) is 12.5 Å². The normalized spacial score (nSPS) is 13.1. The molecule has 2 atom stereocenters. The van der Waals surface area contributed by atoms with Crippen LogP contribution in [0.1, 0.15) is 226 Å². The fourth-order valence-electron chi connectivity index (χ4n) is 6.34. The first-order valence-corrected chi connectivity index (χ1v) is 20.4. The van der Waals surface area contributed by atoms with Crippen LogP contribution in [-0.2, 0) is 4.79 Å². The molecule has 0 aromatic carbocycles. The number of allylic oxidation sites excluding steroid dienone is 2. The van der Waals surface area contributed by atoms with Gasteiger partial charge in [0.05, 0.1) is 18.8 Å². The number of hydrogen-bond donors (Lipinski definition) is 3. The fraction of sp³-hybridized carbons (Fsp3) is 0.927. The standard InChI is InChI=1S/C41H81NO3/c1-3-5-7-9-11-13-15-16-17-18-19-20-21-22-23-24-25-26-27-28-30-32-34-36-40(44)39(38-43)42-41(45)37-35-33-31-29-14-12-10-8-6-4-2/h10,12,39-40,43-44H,3-9,11,13-38H2,1-2H3,(H,42,45)/b12-10-. The maximum Gasteiger partial charge on any atom is 0.220 e. The summed E-state index contributed by atoms with van der Waals surface area (Å²) in [7, 11) is 0. The van der Waals surface area contributed by atoms with E-state index in [1.165, 1.54) is 161 Å². The molecule has 0 aromatic rings. The van der Waals surface area contributed by atoms with Crippen molar-refractivity contribution < 1.29 is 15.0 Å². The molecule has 45 heavy (non-hydrogen) atoms. The van der Waals surface area contributed by atoms with Crippen LogP contribution in [0.5, 0.6) is 0 Å². The summed E-state index contributed by atoms with van der Waals surface area (Å²) in [6.45, 7) is 4.32. The van der Waals surface area contributed by atoms with Gasteiger partial charge in [-0.2, -0.15) is 0 Å². The molecule has 0 bridgehead atoms. The summed E-state index contributed by atoms with van der Waals surface area (Å²) in [5.41, 5.74) is 0. The number of amides is 1. The molecule has 0 fully saturated rings. The number of aliphatic hydroxyl groups is 2. The molecule has 0 spiro atoms. The number of unbranched alkanes of at least 4 members (excludes halogenated alkanes) is 28. The van der Waals surface area contributed by atoms with E-state index >= 15 is 0 Å². The summed E-state index contributed by atoms with van der Waals surface area (Å²) in [6.07, 6.45) is 45.8. The highest BCUT2D eigenvalue weighted by molar-refractivity contribution is 5.76. The zero-order valence-corrected chi connectivity index (χ0v) is 30.7. The Kier molecular flexibility index (Phi) is 36.9. The van der Waals surface area contributed by atoms with Gasteiger partial charge in [-0.1, -0.05) is 199 Å². The second-order valence-electron chi connectivity index (χ2n) is 14.1. The van der Waals surface area contributed by atoms with Crippen molar-refractivity contribution in [1.29, 1.82) is 0 Å². The summed E-state index contributed by atoms with van der Waals surface area (Å²) < 4.78 is 0. The third-order valence-electron chi connectivity index (χ3n) is 9.53. The lowest BCUT2D eigenvalue weighted by molar-refractivity contribution is -0.123. The molecular weight excluding hydrogens is 554 g/mol. The molecular formula is C41H81NO3. The van der Waals surface area contributed by atoms with Gasteiger partial charge in [-0.05, 0) is 32.1 Å². The highest BCUT2D eigenvalue weighted by Crippen LogP contribution is 2.16. The second-order valence-corrected chi connectivity index (χ2v) is 14.1. The topological polar surface area (TPSA) is 69.6 Å². The lowest BCUT2D eigenvalue weighted by Gasteiger charge is -2.22. The van der Waals surface area contributed by atoms with Gasteiger partial charge in [0.2, 0.25) is 5.91 Å². The summed E-state index contributed by atoms with van der Waals surface area (Å²) in [6, 6.07) is -0.537. The molecule has 0 aliphatic carbocycles. The lowest BCUT2D eigenvalue weighted by atomic mass is 10.0. The minimum atomic E-state index is -0.659. The van der Waals surface area contributed by atoms with E-state index in [2.05, 4.69) is 31.3 Å². The van der Waals surface area contributed by atoms with Crippen LogP contribution in [0.25, 0.3) is 0 Å². The van der Waals surface area contributed by atoms with Crippen molar-refractivity contribution in [3.05, 3.63) is 12.2 Å². The SMILES string of the molecule is CCCC/C=C\CCCCCCC(=O)NC(CO)C(O)CCCCCCCCCCCCCCCCCCCCCCCCC. The average molecular weight is 636 g/mol. The number of rotatable bonds is 37. The predicted octanol–water partition coefficient (Wildman–Crippen LogP) is 12.3. The number of aliphatic hydroxyl groups excluding tert-OH is 2. The predicted molar refractivity (Wildman–Crippen MR) is 198 cm³/mol. The molecule has 0 aliphatic heterocycles. The van der Waals surface area contributed by atoms with Crippen LogP contribution in [0.4, 0.5) is 0 Å². The fourth-order valence-corrected chi connectivity index (χ4v) is 6.34. The Bertz CT molecular complexity index is 608. The Labute approximate surface area is 282 Å². The zero-order chi connectivity index (χ0) is 32.9. The molecule has 4 heteroatoms. The number of carbonyl (C=O) groups excluding carboxylic acids is 1. The van der Waals surface area contributed by atoms with Crippen molar-refractivity contribution in [2.75, 3.05) is 6.61 Å². The average Bonchev–Trinajstić information content (AvgIpc) is 3.04. The van der Waals surface area contributed by atoms with E-state index < -0.39 is 12.1 Å². The van der Waals surface area contributed by atoms with Crippen molar-refractivity contribution in [1.82, 2.24) is 5.32 Å². The number of hydrogen-bond acceptors (Lipinski definition) is 3. The van der Waals surface area contributed by atoms with Gasteiger partial charge in [-0.3, -0.25) is 4.79 Å².